The molecule has 0 atom stereocenters. The van der Waals surface area contributed by atoms with Gasteiger partial charge in [0.05, 0.1) is 0 Å². The van der Waals surface area contributed by atoms with Crippen molar-refractivity contribution in [1.29, 1.82) is 0 Å². The van der Waals surface area contributed by atoms with Crippen LogP contribution in [0, 0.1) is 0 Å². The van der Waals surface area contributed by atoms with Gasteiger partial charge in [-0.05, 0) is 12.5 Å². The first-order chi connectivity index (χ1) is 5.57. The van der Waals surface area contributed by atoms with Crippen molar-refractivity contribution in [1.82, 2.24) is 0 Å². The molecule has 0 aromatic heterocycles. The van der Waals surface area contributed by atoms with Crippen molar-refractivity contribution in [3.63, 3.8) is 0 Å². The zero-order valence-electron chi connectivity index (χ0n) is 6.57. The molecule has 0 aliphatic carbocycles. The van der Waals surface area contributed by atoms with Gasteiger partial charge in [-0.3, -0.25) is 0 Å². The third-order valence-corrected chi connectivity index (χ3v) is 1.69. The Morgan fingerprint density at radius 3 is 2.08 bits per heavy atom. The van der Waals surface area contributed by atoms with Crippen molar-refractivity contribution < 1.29 is 20.4 Å². The van der Waals surface area contributed by atoms with Gasteiger partial charge < -0.3 is 20.4 Å². The fourth-order valence-corrected chi connectivity index (χ4v) is 0.957. The summed E-state index contributed by atoms with van der Waals surface area (Å²) in [6.45, 7) is 1.75. The topological polar surface area (TPSA) is 80.9 Å². The molecule has 4 heteroatoms. The molecule has 0 aliphatic rings. The van der Waals surface area contributed by atoms with Crippen LogP contribution >= 0.6 is 0 Å². The number of benzene rings is 1. The molecule has 1 rings (SSSR count). The van der Waals surface area contributed by atoms with Gasteiger partial charge in [-0.1, -0.05) is 6.92 Å². The number of hydrogen-bond donors (Lipinski definition) is 4. The summed E-state index contributed by atoms with van der Waals surface area (Å²) in [7, 11) is 0. The molecule has 0 unspecified atom stereocenters. The highest BCUT2D eigenvalue weighted by Crippen LogP contribution is 2.43. The molecular weight excluding hydrogens is 160 g/mol. The summed E-state index contributed by atoms with van der Waals surface area (Å²) in [5.41, 5.74) is 0.391. The average molecular weight is 170 g/mol. The van der Waals surface area contributed by atoms with Crippen LogP contribution in [0.1, 0.15) is 12.5 Å². The van der Waals surface area contributed by atoms with Crippen molar-refractivity contribution in [3.8, 4) is 23.0 Å². The Morgan fingerprint density at radius 2 is 1.58 bits per heavy atom. The quantitative estimate of drug-likeness (QED) is 0.375. The van der Waals surface area contributed by atoms with Gasteiger partial charge in [-0.2, -0.15) is 0 Å². The molecule has 4 nitrogen and oxygen atoms in total. The zero-order chi connectivity index (χ0) is 9.30. The minimum Gasteiger partial charge on any atom is -0.504 e. The summed E-state index contributed by atoms with van der Waals surface area (Å²) in [5.74, 6) is -2.17. The summed E-state index contributed by atoms with van der Waals surface area (Å²) < 4.78 is 0. The van der Waals surface area contributed by atoms with Crippen LogP contribution in [-0.2, 0) is 6.42 Å². The number of hydrogen-bond acceptors (Lipinski definition) is 4. The fourth-order valence-electron chi connectivity index (χ4n) is 0.957. The Hall–Kier alpha value is -1.58. The van der Waals surface area contributed by atoms with E-state index in [0.717, 1.165) is 0 Å². The van der Waals surface area contributed by atoms with Crippen LogP contribution in [0.5, 0.6) is 23.0 Å². The summed E-state index contributed by atoms with van der Waals surface area (Å²) in [5, 5.41) is 36.2. The maximum atomic E-state index is 9.18. The van der Waals surface area contributed by atoms with Crippen LogP contribution in [0.15, 0.2) is 6.07 Å². The van der Waals surface area contributed by atoms with Crippen molar-refractivity contribution >= 4 is 0 Å². The van der Waals surface area contributed by atoms with Crippen LogP contribution in [-0.4, -0.2) is 20.4 Å². The minimum atomic E-state index is -0.690. The van der Waals surface area contributed by atoms with E-state index >= 15 is 0 Å². The lowest BCUT2D eigenvalue weighted by Crippen LogP contribution is -1.83. The zero-order valence-corrected chi connectivity index (χ0v) is 6.57. The van der Waals surface area contributed by atoms with E-state index < -0.39 is 17.2 Å². The van der Waals surface area contributed by atoms with E-state index in [0.29, 0.717) is 12.0 Å². The molecule has 0 amide bonds. The van der Waals surface area contributed by atoms with Crippen molar-refractivity contribution in [2.45, 2.75) is 13.3 Å². The van der Waals surface area contributed by atoms with Crippen molar-refractivity contribution in [3.05, 3.63) is 11.6 Å². The van der Waals surface area contributed by atoms with Gasteiger partial charge in [-0.25, -0.2) is 0 Å². The summed E-state index contributed by atoms with van der Waals surface area (Å²) in [6.07, 6.45) is 0.466. The summed E-state index contributed by atoms with van der Waals surface area (Å²) in [4.78, 5) is 0. The predicted octanol–water partition coefficient (Wildman–Crippen LogP) is 1.07. The Kier molecular flexibility index (Phi) is 1.99. The third kappa shape index (κ3) is 1.11. The first-order valence-corrected chi connectivity index (χ1v) is 3.53. The highest BCUT2D eigenvalue weighted by atomic mass is 16.3. The molecule has 0 fully saturated rings. The molecule has 4 N–H and O–H groups in total. The second-order valence-corrected chi connectivity index (χ2v) is 2.45. The molecule has 0 saturated carbocycles. The van der Waals surface area contributed by atoms with Crippen LogP contribution in [0.3, 0.4) is 0 Å². The van der Waals surface area contributed by atoms with Gasteiger partial charge in [-0.15, -0.1) is 0 Å². The molecule has 0 saturated heterocycles. The van der Waals surface area contributed by atoms with Gasteiger partial charge in [0.15, 0.2) is 11.5 Å². The minimum absolute atomic E-state index is 0.382. The van der Waals surface area contributed by atoms with Crippen LogP contribution in [0.2, 0.25) is 0 Å². The average Bonchev–Trinajstić information content (AvgIpc) is 2.08. The standard InChI is InChI=1S/C8H10O4/c1-2-4-3-5(9)7(11)8(12)6(4)10/h3,9-12H,2H2,1H3. The van der Waals surface area contributed by atoms with Crippen molar-refractivity contribution in [2.75, 3.05) is 0 Å². The molecule has 0 heterocycles. The largest absolute Gasteiger partial charge is 0.504 e. The maximum absolute atomic E-state index is 9.18. The molecule has 66 valence electrons. The van der Waals surface area contributed by atoms with Gasteiger partial charge >= 0.3 is 0 Å². The third-order valence-electron chi connectivity index (χ3n) is 1.69. The first kappa shape index (κ1) is 8.52. The second kappa shape index (κ2) is 2.81. The summed E-state index contributed by atoms with van der Waals surface area (Å²) >= 11 is 0. The van der Waals surface area contributed by atoms with E-state index in [1.54, 1.807) is 6.92 Å². The first-order valence-electron chi connectivity index (χ1n) is 3.53. The lowest BCUT2D eigenvalue weighted by atomic mass is 10.1. The molecule has 0 aliphatic heterocycles. The number of aryl methyl sites for hydroxylation is 1. The number of phenols is 4. The highest BCUT2D eigenvalue weighted by molar-refractivity contribution is 5.59. The Labute approximate surface area is 69.3 Å². The van der Waals surface area contributed by atoms with E-state index in [-0.39, 0.29) is 5.75 Å². The van der Waals surface area contributed by atoms with E-state index in [1.165, 1.54) is 6.07 Å². The molecule has 0 spiro atoms. The second-order valence-electron chi connectivity index (χ2n) is 2.45. The predicted molar refractivity (Wildman–Crippen MR) is 42.5 cm³/mol. The number of phenolic OH excluding ortho intramolecular Hbond substituents is 4. The van der Waals surface area contributed by atoms with E-state index in [9.17, 15) is 5.11 Å². The maximum Gasteiger partial charge on any atom is 0.204 e. The Balaban J connectivity index is 3.39. The normalized spacial score (nSPS) is 10.1. The van der Waals surface area contributed by atoms with Crippen LogP contribution < -0.4 is 0 Å². The smallest absolute Gasteiger partial charge is 0.204 e. The van der Waals surface area contributed by atoms with Gasteiger partial charge in [0.2, 0.25) is 11.5 Å². The van der Waals surface area contributed by atoms with Gasteiger partial charge in [0.1, 0.15) is 0 Å². The highest BCUT2D eigenvalue weighted by Gasteiger charge is 2.14. The molecule has 0 bridgehead atoms. The fraction of sp³-hybridized carbons (Fsp3) is 0.250. The molecule has 1 aromatic rings. The Morgan fingerprint density at radius 1 is 1.00 bits per heavy atom. The lowest BCUT2D eigenvalue weighted by Gasteiger charge is -2.06. The van der Waals surface area contributed by atoms with E-state index in [2.05, 4.69) is 0 Å². The lowest BCUT2D eigenvalue weighted by molar-refractivity contribution is 0.343. The van der Waals surface area contributed by atoms with Gasteiger partial charge in [0.25, 0.3) is 0 Å². The van der Waals surface area contributed by atoms with Crippen LogP contribution in [0.4, 0.5) is 0 Å². The molecule has 12 heavy (non-hydrogen) atoms. The van der Waals surface area contributed by atoms with E-state index in [4.69, 9.17) is 15.3 Å². The number of rotatable bonds is 1. The SMILES string of the molecule is CCc1cc(O)c(O)c(O)c1O. The molecule has 0 radical (unpaired) electrons. The Bertz CT molecular complexity index is 306. The monoisotopic (exact) mass is 170 g/mol. The number of aromatic hydroxyl groups is 4. The van der Waals surface area contributed by atoms with Crippen molar-refractivity contribution in [2.24, 2.45) is 0 Å². The van der Waals surface area contributed by atoms with Gasteiger partial charge in [0, 0.05) is 5.56 Å². The van der Waals surface area contributed by atoms with E-state index in [1.807, 2.05) is 0 Å². The summed E-state index contributed by atoms with van der Waals surface area (Å²) in [6, 6.07) is 1.21. The van der Waals surface area contributed by atoms with Crippen LogP contribution in [0.25, 0.3) is 0 Å². The molecule has 1 aromatic carbocycles. The molecular formula is C8H10O4.